The van der Waals surface area contributed by atoms with Crippen molar-refractivity contribution in [3.05, 3.63) is 0 Å². The van der Waals surface area contributed by atoms with Gasteiger partial charge in [-0.05, 0) is 25.2 Å². The molecule has 18 heavy (non-hydrogen) atoms. The van der Waals surface area contributed by atoms with Crippen LogP contribution in [0.15, 0.2) is 0 Å². The lowest BCUT2D eigenvalue weighted by molar-refractivity contribution is -0.144. The number of hydrogen-bond donors (Lipinski definition) is 2. The van der Waals surface area contributed by atoms with Crippen molar-refractivity contribution in [3.63, 3.8) is 0 Å². The molecule has 2 atom stereocenters. The van der Waals surface area contributed by atoms with Gasteiger partial charge >= 0.3 is 12.1 Å². The van der Waals surface area contributed by atoms with Crippen molar-refractivity contribution in [2.24, 2.45) is 5.92 Å². The van der Waals surface area contributed by atoms with Crippen molar-refractivity contribution in [2.75, 3.05) is 19.8 Å². The van der Waals surface area contributed by atoms with Gasteiger partial charge in [0.2, 0.25) is 0 Å². The van der Waals surface area contributed by atoms with Gasteiger partial charge in [-0.15, -0.1) is 0 Å². The summed E-state index contributed by atoms with van der Waals surface area (Å²) in [6, 6.07) is -0.934. The molecule has 1 aliphatic rings. The molecule has 0 aromatic rings. The van der Waals surface area contributed by atoms with Crippen LogP contribution in [0.25, 0.3) is 0 Å². The Kier molecular flexibility index (Phi) is 5.91. The quantitative estimate of drug-likeness (QED) is 0.708. The highest BCUT2D eigenvalue weighted by atomic mass is 16.5. The Labute approximate surface area is 107 Å². The zero-order valence-corrected chi connectivity index (χ0v) is 10.7. The van der Waals surface area contributed by atoms with Crippen molar-refractivity contribution in [2.45, 2.75) is 38.6 Å². The number of ether oxygens (including phenoxy) is 1. The lowest BCUT2D eigenvalue weighted by atomic mass is 9.92. The standard InChI is InChI=1S/C12H21NO5/c1-2-3-6-18-8-9-4-5-13(12(16)17)10(7-9)11(14)15/h9-10H,2-8H2,1H3,(H,14,15)(H,16,17). The minimum Gasteiger partial charge on any atom is -0.480 e. The first kappa shape index (κ1) is 14.8. The van der Waals surface area contributed by atoms with E-state index in [2.05, 4.69) is 6.92 Å². The number of piperidine rings is 1. The van der Waals surface area contributed by atoms with Crippen molar-refractivity contribution >= 4 is 12.1 Å². The summed E-state index contributed by atoms with van der Waals surface area (Å²) in [5.74, 6) is -0.936. The number of hydrogen-bond acceptors (Lipinski definition) is 3. The van der Waals surface area contributed by atoms with Crippen molar-refractivity contribution in [3.8, 4) is 0 Å². The largest absolute Gasteiger partial charge is 0.480 e. The number of amides is 1. The summed E-state index contributed by atoms with van der Waals surface area (Å²) < 4.78 is 5.48. The van der Waals surface area contributed by atoms with E-state index in [1.54, 1.807) is 0 Å². The molecule has 1 aliphatic heterocycles. The fourth-order valence-corrected chi connectivity index (χ4v) is 2.15. The van der Waals surface area contributed by atoms with Gasteiger partial charge in [0.05, 0.1) is 0 Å². The number of nitrogens with zero attached hydrogens (tertiary/aromatic N) is 1. The summed E-state index contributed by atoms with van der Waals surface area (Å²) in [6.07, 6.45) is 1.91. The molecule has 0 spiro atoms. The summed E-state index contributed by atoms with van der Waals surface area (Å²) in [5, 5.41) is 18.0. The van der Waals surface area contributed by atoms with Gasteiger partial charge in [-0.25, -0.2) is 9.59 Å². The van der Waals surface area contributed by atoms with E-state index < -0.39 is 18.1 Å². The minimum atomic E-state index is -1.16. The molecular formula is C12H21NO5. The van der Waals surface area contributed by atoms with Crippen LogP contribution in [0.1, 0.15) is 32.6 Å². The second-order valence-corrected chi connectivity index (χ2v) is 4.65. The number of aliphatic carboxylic acids is 1. The molecule has 0 saturated carbocycles. The number of likely N-dealkylation sites (tertiary alicyclic amines) is 1. The topological polar surface area (TPSA) is 87.1 Å². The maximum absolute atomic E-state index is 11.0. The molecule has 6 nitrogen and oxygen atoms in total. The normalized spacial score (nSPS) is 23.9. The first-order valence-electron chi connectivity index (χ1n) is 6.36. The van der Waals surface area contributed by atoms with Crippen LogP contribution >= 0.6 is 0 Å². The molecule has 0 bridgehead atoms. The van der Waals surface area contributed by atoms with Gasteiger partial charge in [-0.3, -0.25) is 4.90 Å². The third kappa shape index (κ3) is 4.18. The first-order valence-corrected chi connectivity index (χ1v) is 6.36. The third-order valence-corrected chi connectivity index (χ3v) is 3.24. The summed E-state index contributed by atoms with van der Waals surface area (Å²) in [7, 11) is 0. The maximum atomic E-state index is 11.0. The highest BCUT2D eigenvalue weighted by Crippen LogP contribution is 2.23. The zero-order valence-electron chi connectivity index (χ0n) is 10.7. The monoisotopic (exact) mass is 259 g/mol. The Morgan fingerprint density at radius 2 is 2.11 bits per heavy atom. The second kappa shape index (κ2) is 7.20. The molecule has 2 N–H and O–H groups in total. The smallest absolute Gasteiger partial charge is 0.408 e. The average Bonchev–Trinajstić information content (AvgIpc) is 2.34. The number of rotatable bonds is 6. The summed E-state index contributed by atoms with van der Waals surface area (Å²) in [6.45, 7) is 3.56. The minimum absolute atomic E-state index is 0.138. The van der Waals surface area contributed by atoms with Crippen LogP contribution in [-0.4, -0.2) is 53.0 Å². The van der Waals surface area contributed by atoms with Gasteiger partial charge < -0.3 is 14.9 Å². The maximum Gasteiger partial charge on any atom is 0.408 e. The van der Waals surface area contributed by atoms with Crippen molar-refractivity contribution in [1.29, 1.82) is 0 Å². The van der Waals surface area contributed by atoms with E-state index in [4.69, 9.17) is 14.9 Å². The first-order chi connectivity index (χ1) is 8.56. The summed E-state index contributed by atoms with van der Waals surface area (Å²) in [4.78, 5) is 23.0. The lowest BCUT2D eigenvalue weighted by Crippen LogP contribution is -2.50. The number of carboxylic acids is 1. The van der Waals surface area contributed by atoms with Crippen LogP contribution in [0.2, 0.25) is 0 Å². The summed E-state index contributed by atoms with van der Waals surface area (Å²) >= 11 is 0. The second-order valence-electron chi connectivity index (χ2n) is 4.65. The van der Waals surface area contributed by atoms with E-state index in [-0.39, 0.29) is 12.5 Å². The van der Waals surface area contributed by atoms with Crippen LogP contribution in [-0.2, 0) is 9.53 Å². The van der Waals surface area contributed by atoms with Gasteiger partial charge in [0.15, 0.2) is 0 Å². The third-order valence-electron chi connectivity index (χ3n) is 3.24. The van der Waals surface area contributed by atoms with E-state index in [1.807, 2.05) is 0 Å². The molecular weight excluding hydrogens is 238 g/mol. The van der Waals surface area contributed by atoms with Crippen molar-refractivity contribution in [1.82, 2.24) is 4.90 Å². The molecule has 1 heterocycles. The Hall–Kier alpha value is -1.30. The number of unbranched alkanes of at least 4 members (excludes halogenated alkanes) is 1. The van der Waals surface area contributed by atoms with Gasteiger partial charge in [-0.2, -0.15) is 0 Å². The predicted molar refractivity (Wildman–Crippen MR) is 64.6 cm³/mol. The molecule has 0 aliphatic carbocycles. The van der Waals surface area contributed by atoms with Crippen LogP contribution in [0.5, 0.6) is 0 Å². The van der Waals surface area contributed by atoms with E-state index >= 15 is 0 Å². The van der Waals surface area contributed by atoms with E-state index in [1.165, 1.54) is 0 Å². The van der Waals surface area contributed by atoms with E-state index in [9.17, 15) is 9.59 Å². The van der Waals surface area contributed by atoms with Crippen LogP contribution in [0, 0.1) is 5.92 Å². The van der Waals surface area contributed by atoms with Crippen LogP contribution in [0.4, 0.5) is 4.79 Å². The molecule has 2 unspecified atom stereocenters. The highest BCUT2D eigenvalue weighted by molar-refractivity contribution is 5.79. The number of carbonyl (C=O) groups is 2. The number of carboxylic acid groups (broad SMARTS) is 2. The van der Waals surface area contributed by atoms with E-state index in [0.717, 1.165) is 17.7 Å². The Balaban J connectivity index is 2.42. The molecule has 1 rings (SSSR count). The molecule has 0 radical (unpaired) electrons. The Morgan fingerprint density at radius 3 is 2.67 bits per heavy atom. The Bertz CT molecular complexity index is 294. The molecule has 6 heteroatoms. The van der Waals surface area contributed by atoms with Gasteiger partial charge in [0.1, 0.15) is 6.04 Å². The van der Waals surface area contributed by atoms with Gasteiger partial charge in [-0.1, -0.05) is 13.3 Å². The van der Waals surface area contributed by atoms with Crippen LogP contribution in [0.3, 0.4) is 0 Å². The van der Waals surface area contributed by atoms with Gasteiger partial charge in [0.25, 0.3) is 0 Å². The van der Waals surface area contributed by atoms with E-state index in [0.29, 0.717) is 26.1 Å². The van der Waals surface area contributed by atoms with Crippen LogP contribution < -0.4 is 0 Å². The molecule has 1 saturated heterocycles. The molecule has 0 aromatic carbocycles. The highest BCUT2D eigenvalue weighted by Gasteiger charge is 2.36. The van der Waals surface area contributed by atoms with Gasteiger partial charge in [0, 0.05) is 19.8 Å². The molecule has 104 valence electrons. The predicted octanol–water partition coefficient (Wildman–Crippen LogP) is 1.65. The Morgan fingerprint density at radius 1 is 1.39 bits per heavy atom. The molecule has 1 fully saturated rings. The molecule has 0 aromatic heterocycles. The molecule has 1 amide bonds. The lowest BCUT2D eigenvalue weighted by Gasteiger charge is -2.35. The fraction of sp³-hybridized carbons (Fsp3) is 0.833. The zero-order chi connectivity index (χ0) is 13.5. The fourth-order valence-electron chi connectivity index (χ4n) is 2.15. The average molecular weight is 259 g/mol. The summed E-state index contributed by atoms with van der Waals surface area (Å²) in [5.41, 5.74) is 0. The van der Waals surface area contributed by atoms with Crippen molar-refractivity contribution < 1.29 is 24.5 Å². The SMILES string of the molecule is CCCCOCC1CCN(C(=O)O)C(C(=O)O)C1.